The lowest BCUT2D eigenvalue weighted by Crippen LogP contribution is -2.39. The van der Waals surface area contributed by atoms with Gasteiger partial charge in [-0.1, -0.05) is 11.4 Å². The van der Waals surface area contributed by atoms with Crippen LogP contribution in [0.25, 0.3) is 0 Å². The summed E-state index contributed by atoms with van der Waals surface area (Å²) in [5.41, 5.74) is 0.842. The number of aryl methyl sites for hydroxylation is 1. The van der Waals surface area contributed by atoms with E-state index in [9.17, 15) is 4.79 Å². The Kier molecular flexibility index (Phi) is 2.84. The third-order valence-corrected chi connectivity index (χ3v) is 4.55. The van der Waals surface area contributed by atoms with Crippen molar-refractivity contribution >= 4 is 17.4 Å². The van der Waals surface area contributed by atoms with Crippen molar-refractivity contribution in [3.63, 3.8) is 0 Å². The maximum atomic E-state index is 12.5. The van der Waals surface area contributed by atoms with Crippen molar-refractivity contribution in [2.45, 2.75) is 25.8 Å². The van der Waals surface area contributed by atoms with Gasteiger partial charge < -0.3 is 10.2 Å². The third kappa shape index (κ3) is 1.75. The zero-order chi connectivity index (χ0) is 11.8. The maximum Gasteiger partial charge on any atom is 0.267 e. The number of hydrogen-bond donors (Lipinski definition) is 1. The van der Waals surface area contributed by atoms with Crippen LogP contribution in [0.1, 0.15) is 28.7 Å². The summed E-state index contributed by atoms with van der Waals surface area (Å²) in [7, 11) is 0. The number of carbonyl (C=O) groups is 1. The van der Waals surface area contributed by atoms with Crippen molar-refractivity contribution in [2.75, 3.05) is 19.6 Å². The number of fused-ring (bicyclic) bond motifs is 1. The molecule has 0 spiro atoms. The summed E-state index contributed by atoms with van der Waals surface area (Å²) in [6.07, 6.45) is 1.90. The lowest BCUT2D eigenvalue weighted by Gasteiger charge is -2.22. The van der Waals surface area contributed by atoms with E-state index in [0.29, 0.717) is 12.0 Å². The van der Waals surface area contributed by atoms with Crippen molar-refractivity contribution < 1.29 is 4.79 Å². The number of amides is 1. The van der Waals surface area contributed by atoms with Crippen LogP contribution in [0.4, 0.5) is 0 Å². The molecule has 0 radical (unpaired) electrons. The minimum absolute atomic E-state index is 0.132. The lowest BCUT2D eigenvalue weighted by molar-refractivity contribution is 0.0740. The molecule has 2 atom stereocenters. The van der Waals surface area contributed by atoms with E-state index in [1.165, 1.54) is 11.5 Å². The van der Waals surface area contributed by atoms with E-state index in [1.807, 2.05) is 11.8 Å². The summed E-state index contributed by atoms with van der Waals surface area (Å²) in [5.74, 6) is 0.776. The van der Waals surface area contributed by atoms with Crippen LogP contribution in [0.2, 0.25) is 0 Å². The van der Waals surface area contributed by atoms with Gasteiger partial charge in [0, 0.05) is 25.7 Å². The van der Waals surface area contributed by atoms with Crippen molar-refractivity contribution in [3.05, 3.63) is 10.6 Å². The number of carbonyl (C=O) groups excluding carboxylic acids is 1. The predicted octanol–water partition coefficient (Wildman–Crippen LogP) is 0.534. The van der Waals surface area contributed by atoms with Gasteiger partial charge in [0.05, 0.1) is 5.69 Å². The molecule has 1 amide bonds. The second-order valence-electron chi connectivity index (χ2n) is 4.68. The third-order valence-electron chi connectivity index (χ3n) is 3.79. The predicted molar refractivity (Wildman–Crippen MR) is 65.1 cm³/mol. The van der Waals surface area contributed by atoms with Crippen molar-refractivity contribution in [2.24, 2.45) is 5.92 Å². The minimum Gasteiger partial charge on any atom is -0.333 e. The molecule has 92 valence electrons. The molecular weight excluding hydrogens is 236 g/mol. The van der Waals surface area contributed by atoms with E-state index < -0.39 is 0 Å². The number of nitrogens with zero attached hydrogens (tertiary/aromatic N) is 3. The van der Waals surface area contributed by atoms with Gasteiger partial charge in [0.25, 0.3) is 5.91 Å². The second-order valence-corrected chi connectivity index (χ2v) is 5.43. The van der Waals surface area contributed by atoms with Gasteiger partial charge >= 0.3 is 0 Å². The first-order valence-electron chi connectivity index (χ1n) is 6.14. The van der Waals surface area contributed by atoms with E-state index in [1.54, 1.807) is 0 Å². The van der Waals surface area contributed by atoms with Crippen molar-refractivity contribution in [1.82, 2.24) is 19.8 Å². The molecule has 1 aromatic rings. The van der Waals surface area contributed by atoms with Gasteiger partial charge in [0.1, 0.15) is 4.88 Å². The van der Waals surface area contributed by atoms with Crippen LogP contribution in [0.15, 0.2) is 0 Å². The molecule has 6 heteroatoms. The lowest BCUT2D eigenvalue weighted by atomic mass is 10.1. The van der Waals surface area contributed by atoms with Crippen LogP contribution >= 0.6 is 11.5 Å². The molecule has 0 aliphatic carbocycles. The van der Waals surface area contributed by atoms with Gasteiger partial charge in [-0.2, -0.15) is 0 Å². The van der Waals surface area contributed by atoms with E-state index in [4.69, 9.17) is 0 Å². The highest BCUT2D eigenvalue weighted by atomic mass is 32.1. The fourth-order valence-electron chi connectivity index (χ4n) is 2.83. The average molecular weight is 252 g/mol. The van der Waals surface area contributed by atoms with Crippen LogP contribution in [0.3, 0.4) is 0 Å². The molecule has 0 unspecified atom stereocenters. The molecule has 1 N–H and O–H groups in total. The highest BCUT2D eigenvalue weighted by molar-refractivity contribution is 7.08. The Balaban J connectivity index is 1.83. The Bertz CT molecular complexity index is 433. The summed E-state index contributed by atoms with van der Waals surface area (Å²) >= 11 is 1.23. The Hall–Kier alpha value is -1.01. The summed E-state index contributed by atoms with van der Waals surface area (Å²) in [6.45, 7) is 4.88. The topological polar surface area (TPSA) is 58.1 Å². The zero-order valence-corrected chi connectivity index (χ0v) is 10.7. The first-order valence-corrected chi connectivity index (χ1v) is 6.91. The quantitative estimate of drug-likeness (QED) is 0.834. The molecule has 2 fully saturated rings. The van der Waals surface area contributed by atoms with Crippen LogP contribution in [-0.4, -0.2) is 46.1 Å². The fraction of sp³-hybridized carbons (Fsp3) is 0.727. The molecule has 17 heavy (non-hydrogen) atoms. The Morgan fingerprint density at radius 3 is 3.29 bits per heavy atom. The number of likely N-dealkylation sites (tertiary alicyclic amines) is 1. The number of nitrogens with one attached hydrogen (secondary N) is 1. The monoisotopic (exact) mass is 252 g/mol. The van der Waals surface area contributed by atoms with E-state index in [0.717, 1.165) is 43.0 Å². The second kappa shape index (κ2) is 4.34. The van der Waals surface area contributed by atoms with Crippen molar-refractivity contribution in [1.29, 1.82) is 0 Å². The Morgan fingerprint density at radius 2 is 2.47 bits per heavy atom. The number of aromatic nitrogens is 2. The number of hydrogen-bond acceptors (Lipinski definition) is 5. The summed E-state index contributed by atoms with van der Waals surface area (Å²) in [5, 5.41) is 7.38. The molecular formula is C11H16N4OS. The standard InChI is InChI=1S/C11H16N4OS/c1-2-8-10(17-14-13-8)11(16)15-4-3-7-5-12-6-9(7)15/h7,9,12H,2-6H2,1H3/t7-,9+/m0/s1. The fourth-order valence-corrected chi connectivity index (χ4v) is 3.54. The molecule has 2 aliphatic rings. The molecule has 2 aliphatic heterocycles. The summed E-state index contributed by atoms with van der Waals surface area (Å²) < 4.78 is 3.90. The van der Waals surface area contributed by atoms with Gasteiger partial charge in [-0.3, -0.25) is 4.79 Å². The van der Waals surface area contributed by atoms with Gasteiger partial charge in [-0.15, -0.1) is 5.10 Å². The van der Waals surface area contributed by atoms with E-state index >= 15 is 0 Å². The smallest absolute Gasteiger partial charge is 0.267 e. The van der Waals surface area contributed by atoms with Gasteiger partial charge in [0.15, 0.2) is 0 Å². The van der Waals surface area contributed by atoms with Crippen LogP contribution < -0.4 is 5.32 Å². The normalized spacial score (nSPS) is 27.5. The molecule has 5 nitrogen and oxygen atoms in total. The Morgan fingerprint density at radius 1 is 1.59 bits per heavy atom. The van der Waals surface area contributed by atoms with Crippen LogP contribution in [0.5, 0.6) is 0 Å². The maximum absolute atomic E-state index is 12.5. The summed E-state index contributed by atoms with van der Waals surface area (Å²) in [4.78, 5) is 15.2. The van der Waals surface area contributed by atoms with Gasteiger partial charge in [-0.05, 0) is 30.3 Å². The minimum atomic E-state index is 0.132. The number of rotatable bonds is 2. The SMILES string of the molecule is CCc1nnsc1C(=O)N1CC[C@H]2CNC[C@H]21. The largest absolute Gasteiger partial charge is 0.333 e. The van der Waals surface area contributed by atoms with Crippen molar-refractivity contribution in [3.8, 4) is 0 Å². The first kappa shape index (κ1) is 11.1. The molecule has 0 aromatic carbocycles. The van der Waals surface area contributed by atoms with Crippen LogP contribution in [-0.2, 0) is 6.42 Å². The molecule has 1 aromatic heterocycles. The Labute approximate surface area is 104 Å². The molecule has 0 bridgehead atoms. The van der Waals surface area contributed by atoms with E-state index in [2.05, 4.69) is 14.9 Å². The van der Waals surface area contributed by atoms with Gasteiger partial charge in [0.2, 0.25) is 0 Å². The molecule has 2 saturated heterocycles. The molecule has 3 rings (SSSR count). The van der Waals surface area contributed by atoms with Gasteiger partial charge in [-0.25, -0.2) is 0 Å². The van der Waals surface area contributed by atoms with E-state index in [-0.39, 0.29) is 5.91 Å². The zero-order valence-electron chi connectivity index (χ0n) is 9.85. The highest BCUT2D eigenvalue weighted by Crippen LogP contribution is 2.29. The summed E-state index contributed by atoms with van der Waals surface area (Å²) in [6, 6.07) is 0.384. The highest BCUT2D eigenvalue weighted by Gasteiger charge is 2.40. The average Bonchev–Trinajstić information content (AvgIpc) is 3.03. The van der Waals surface area contributed by atoms with Crippen LogP contribution in [0, 0.1) is 5.92 Å². The first-order chi connectivity index (χ1) is 8.31. The molecule has 0 saturated carbocycles. The molecule has 3 heterocycles.